The largest absolute Gasteiger partial charge is 0.359 e. The summed E-state index contributed by atoms with van der Waals surface area (Å²) in [7, 11) is 0. The van der Waals surface area contributed by atoms with E-state index < -0.39 is 0 Å². The first-order valence-corrected chi connectivity index (χ1v) is 11.3. The van der Waals surface area contributed by atoms with Gasteiger partial charge in [-0.25, -0.2) is 0 Å². The van der Waals surface area contributed by atoms with Crippen molar-refractivity contribution in [2.24, 2.45) is 5.92 Å². The van der Waals surface area contributed by atoms with Crippen LogP contribution in [0.2, 0.25) is 0 Å². The molecule has 2 atom stereocenters. The number of hydrogen-bond donors (Lipinski definition) is 1. The van der Waals surface area contributed by atoms with Crippen LogP contribution in [0.25, 0.3) is 11.3 Å². The Bertz CT molecular complexity index is 1020. The summed E-state index contributed by atoms with van der Waals surface area (Å²) in [6.07, 6.45) is 9.29. The molecule has 2 aromatic carbocycles. The van der Waals surface area contributed by atoms with Crippen molar-refractivity contribution >= 4 is 17.2 Å². The van der Waals surface area contributed by atoms with Gasteiger partial charge in [-0.15, -0.1) is 0 Å². The second-order valence-corrected chi connectivity index (χ2v) is 8.75. The first-order valence-electron chi connectivity index (χ1n) is 11.3. The van der Waals surface area contributed by atoms with Crippen LogP contribution in [0, 0.1) is 5.92 Å². The molecule has 3 nitrogen and oxygen atoms in total. The minimum atomic E-state index is -0.165. The zero-order valence-electron chi connectivity index (χ0n) is 18.6. The molecule has 3 heteroatoms. The van der Waals surface area contributed by atoms with Crippen molar-refractivity contribution in [3.63, 3.8) is 0 Å². The van der Waals surface area contributed by atoms with E-state index in [1.54, 1.807) is 0 Å². The maximum atomic E-state index is 13.1. The van der Waals surface area contributed by atoms with E-state index in [0.29, 0.717) is 12.5 Å². The van der Waals surface area contributed by atoms with Crippen LogP contribution in [0.4, 0.5) is 0 Å². The SMILES string of the molecule is C=C(c1cccc(CC)c1)N1CC(C)CC1C(=O)NCc1ccc(C2=CC=CC2)cc1. The number of nitrogens with zero attached hydrogens (tertiary/aromatic N) is 1. The quantitative estimate of drug-likeness (QED) is 0.643. The number of rotatable bonds is 7. The van der Waals surface area contributed by atoms with Crippen molar-refractivity contribution in [3.8, 4) is 0 Å². The summed E-state index contributed by atoms with van der Waals surface area (Å²) in [5.74, 6) is 0.554. The molecule has 1 aliphatic heterocycles. The Balaban J connectivity index is 1.40. The lowest BCUT2D eigenvalue weighted by atomic mass is 10.0. The second kappa shape index (κ2) is 9.38. The third-order valence-electron chi connectivity index (χ3n) is 6.39. The highest BCUT2D eigenvalue weighted by atomic mass is 16.2. The van der Waals surface area contributed by atoms with E-state index in [4.69, 9.17) is 0 Å². The first kappa shape index (κ1) is 21.2. The van der Waals surface area contributed by atoms with Crippen LogP contribution < -0.4 is 5.32 Å². The molecule has 1 heterocycles. The van der Waals surface area contributed by atoms with Gasteiger partial charge in [-0.2, -0.15) is 0 Å². The van der Waals surface area contributed by atoms with Crippen molar-refractivity contribution < 1.29 is 4.79 Å². The number of nitrogens with one attached hydrogen (secondary N) is 1. The van der Waals surface area contributed by atoms with Gasteiger partial charge in [0.2, 0.25) is 5.91 Å². The molecular formula is C28H32N2O. The van der Waals surface area contributed by atoms with Gasteiger partial charge in [-0.05, 0) is 59.1 Å². The fourth-order valence-electron chi connectivity index (χ4n) is 4.53. The molecule has 0 aromatic heterocycles. The lowest BCUT2D eigenvalue weighted by molar-refractivity contribution is -0.124. The van der Waals surface area contributed by atoms with Gasteiger partial charge in [0.05, 0.1) is 0 Å². The number of amides is 1. The summed E-state index contributed by atoms with van der Waals surface area (Å²) in [5.41, 5.74) is 7.06. The van der Waals surface area contributed by atoms with E-state index in [1.807, 2.05) is 0 Å². The van der Waals surface area contributed by atoms with E-state index in [2.05, 4.69) is 97.4 Å². The highest BCUT2D eigenvalue weighted by molar-refractivity contribution is 5.84. The Morgan fingerprint density at radius 2 is 1.97 bits per heavy atom. The summed E-state index contributed by atoms with van der Waals surface area (Å²) < 4.78 is 0. The van der Waals surface area contributed by atoms with Gasteiger partial charge in [-0.3, -0.25) is 4.79 Å². The monoisotopic (exact) mass is 412 g/mol. The Kier molecular flexibility index (Phi) is 6.41. The van der Waals surface area contributed by atoms with Crippen molar-refractivity contribution in [2.45, 2.75) is 45.7 Å². The lowest BCUT2D eigenvalue weighted by Gasteiger charge is -2.28. The Labute approximate surface area is 186 Å². The van der Waals surface area contributed by atoms with Gasteiger partial charge in [0.1, 0.15) is 6.04 Å². The number of aryl methyl sites for hydroxylation is 1. The Morgan fingerprint density at radius 1 is 1.16 bits per heavy atom. The van der Waals surface area contributed by atoms with Crippen molar-refractivity contribution in [2.75, 3.05) is 6.54 Å². The number of benzene rings is 2. The van der Waals surface area contributed by atoms with Crippen molar-refractivity contribution in [1.29, 1.82) is 0 Å². The van der Waals surface area contributed by atoms with Crippen LogP contribution in [-0.4, -0.2) is 23.4 Å². The third-order valence-corrected chi connectivity index (χ3v) is 6.39. The van der Waals surface area contributed by atoms with Gasteiger partial charge in [0, 0.05) is 18.8 Å². The summed E-state index contributed by atoms with van der Waals surface area (Å²) in [5, 5.41) is 3.16. The molecule has 1 amide bonds. The zero-order valence-corrected chi connectivity index (χ0v) is 18.6. The maximum Gasteiger partial charge on any atom is 0.242 e. The predicted octanol–water partition coefficient (Wildman–Crippen LogP) is 5.59. The van der Waals surface area contributed by atoms with Crippen LogP contribution in [0.5, 0.6) is 0 Å². The van der Waals surface area contributed by atoms with Crippen molar-refractivity contribution in [1.82, 2.24) is 10.2 Å². The second-order valence-electron chi connectivity index (χ2n) is 8.75. The summed E-state index contributed by atoms with van der Waals surface area (Å²) >= 11 is 0. The van der Waals surface area contributed by atoms with Crippen LogP contribution in [0.15, 0.2) is 73.3 Å². The van der Waals surface area contributed by atoms with Gasteiger partial charge < -0.3 is 10.2 Å². The summed E-state index contributed by atoms with van der Waals surface area (Å²) in [6.45, 7) is 10.1. The molecule has 2 aliphatic rings. The van der Waals surface area contributed by atoms with E-state index in [0.717, 1.165) is 42.6 Å². The molecule has 160 valence electrons. The maximum absolute atomic E-state index is 13.1. The topological polar surface area (TPSA) is 32.3 Å². The number of hydrogen-bond acceptors (Lipinski definition) is 2. The van der Waals surface area contributed by atoms with Crippen LogP contribution in [-0.2, 0) is 17.8 Å². The minimum Gasteiger partial charge on any atom is -0.359 e. The van der Waals surface area contributed by atoms with Gasteiger partial charge in [0.15, 0.2) is 0 Å². The molecule has 1 aliphatic carbocycles. The van der Waals surface area contributed by atoms with E-state index >= 15 is 0 Å². The van der Waals surface area contributed by atoms with Crippen LogP contribution in [0.1, 0.15) is 48.9 Å². The number of carbonyl (C=O) groups is 1. The molecule has 1 N–H and O–H groups in total. The Morgan fingerprint density at radius 3 is 2.68 bits per heavy atom. The molecule has 2 unspecified atom stereocenters. The number of likely N-dealkylation sites (tertiary alicyclic amines) is 1. The average molecular weight is 413 g/mol. The Hall–Kier alpha value is -3.07. The van der Waals surface area contributed by atoms with E-state index in [1.165, 1.54) is 16.7 Å². The number of carbonyl (C=O) groups excluding carboxylic acids is 1. The normalized spacial score (nSPS) is 20.1. The lowest BCUT2D eigenvalue weighted by Crippen LogP contribution is -2.42. The van der Waals surface area contributed by atoms with Gasteiger partial charge in [-0.1, -0.05) is 81.1 Å². The smallest absolute Gasteiger partial charge is 0.242 e. The molecule has 31 heavy (non-hydrogen) atoms. The summed E-state index contributed by atoms with van der Waals surface area (Å²) in [4.78, 5) is 15.3. The van der Waals surface area contributed by atoms with E-state index in [9.17, 15) is 4.79 Å². The van der Waals surface area contributed by atoms with Crippen LogP contribution >= 0.6 is 0 Å². The third kappa shape index (κ3) is 4.82. The van der Waals surface area contributed by atoms with E-state index in [-0.39, 0.29) is 11.9 Å². The first-order chi connectivity index (χ1) is 15.0. The molecule has 0 bridgehead atoms. The number of allylic oxidation sites excluding steroid dienone is 4. The predicted molar refractivity (Wildman–Crippen MR) is 129 cm³/mol. The minimum absolute atomic E-state index is 0.0870. The van der Waals surface area contributed by atoms with Crippen molar-refractivity contribution in [3.05, 3.63) is 95.6 Å². The molecular weight excluding hydrogens is 380 g/mol. The van der Waals surface area contributed by atoms with Gasteiger partial charge >= 0.3 is 0 Å². The molecule has 0 saturated carbocycles. The molecule has 2 aromatic rings. The molecule has 1 saturated heterocycles. The highest BCUT2D eigenvalue weighted by Gasteiger charge is 2.35. The summed E-state index contributed by atoms with van der Waals surface area (Å²) in [6, 6.07) is 16.8. The fraction of sp³-hybridized carbons (Fsp3) is 0.321. The average Bonchev–Trinajstić information content (AvgIpc) is 3.47. The highest BCUT2D eigenvalue weighted by Crippen LogP contribution is 2.31. The molecule has 0 spiro atoms. The van der Waals surface area contributed by atoms with Gasteiger partial charge in [0.25, 0.3) is 0 Å². The fourth-order valence-corrected chi connectivity index (χ4v) is 4.53. The molecule has 0 radical (unpaired) electrons. The zero-order chi connectivity index (χ0) is 21.8. The molecule has 1 fully saturated rings. The van der Waals surface area contributed by atoms with Crippen LogP contribution in [0.3, 0.4) is 0 Å². The molecule has 4 rings (SSSR count). The standard InChI is InChI=1S/C28H32N2O/c1-4-22-8-7-11-26(17-22)21(3)30-19-20(2)16-27(30)28(31)29-18-23-12-14-25(15-13-23)24-9-5-6-10-24/h5-9,11-15,17,20,27H,3-4,10,16,18-19H2,1-2H3,(H,29,31).